The van der Waals surface area contributed by atoms with E-state index in [1.807, 2.05) is 19.1 Å². The summed E-state index contributed by atoms with van der Waals surface area (Å²) in [5.41, 5.74) is 6.98. The van der Waals surface area contributed by atoms with Crippen LogP contribution in [0.25, 0.3) is 0 Å². The summed E-state index contributed by atoms with van der Waals surface area (Å²) in [5.74, 6) is 0.903. The van der Waals surface area contributed by atoms with Gasteiger partial charge in [0.25, 0.3) is 0 Å². The van der Waals surface area contributed by atoms with Crippen molar-refractivity contribution in [2.75, 3.05) is 0 Å². The Labute approximate surface area is 115 Å². The summed E-state index contributed by atoms with van der Waals surface area (Å²) in [7, 11) is 0. The molecule has 6 heteroatoms. The van der Waals surface area contributed by atoms with Gasteiger partial charge in [-0.1, -0.05) is 22.8 Å². The molecule has 0 bridgehead atoms. The maximum atomic E-state index is 8.55. The number of ether oxygens (including phenoxy) is 1. The van der Waals surface area contributed by atoms with Gasteiger partial charge in [0.1, 0.15) is 5.75 Å². The standard InChI is InChI=1S/C13H12ClN3O2/c1-8-2-4-10(14)11(6-8)19-12-5-3-9(7-16-12)13(15)17-18/h2-7,18H,1H3,(H2,15,17). The van der Waals surface area contributed by atoms with Gasteiger partial charge < -0.3 is 15.7 Å². The number of benzene rings is 1. The number of oxime groups is 1. The zero-order chi connectivity index (χ0) is 13.8. The van der Waals surface area contributed by atoms with Crippen LogP contribution in [0, 0.1) is 6.92 Å². The zero-order valence-electron chi connectivity index (χ0n) is 10.2. The molecule has 0 aliphatic carbocycles. The summed E-state index contributed by atoms with van der Waals surface area (Å²) in [6.07, 6.45) is 1.45. The second-order valence-electron chi connectivity index (χ2n) is 3.91. The van der Waals surface area contributed by atoms with Gasteiger partial charge in [-0.15, -0.1) is 0 Å². The Morgan fingerprint density at radius 1 is 1.37 bits per heavy atom. The lowest BCUT2D eigenvalue weighted by molar-refractivity contribution is 0.318. The number of halogens is 1. The lowest BCUT2D eigenvalue weighted by atomic mass is 10.2. The van der Waals surface area contributed by atoms with Crippen molar-refractivity contribution in [2.24, 2.45) is 10.9 Å². The maximum Gasteiger partial charge on any atom is 0.219 e. The molecule has 0 saturated heterocycles. The molecule has 0 atom stereocenters. The highest BCUT2D eigenvalue weighted by molar-refractivity contribution is 6.32. The van der Waals surface area contributed by atoms with Crippen LogP contribution in [-0.2, 0) is 0 Å². The van der Waals surface area contributed by atoms with Crippen LogP contribution in [0.4, 0.5) is 0 Å². The SMILES string of the molecule is Cc1ccc(Cl)c(Oc2ccc(/C(N)=N/O)cn2)c1. The fourth-order valence-corrected chi connectivity index (χ4v) is 1.61. The van der Waals surface area contributed by atoms with Crippen LogP contribution in [0.2, 0.25) is 5.02 Å². The minimum atomic E-state index is -0.00682. The first kappa shape index (κ1) is 13.2. The highest BCUT2D eigenvalue weighted by Crippen LogP contribution is 2.29. The Hall–Kier alpha value is -2.27. The van der Waals surface area contributed by atoms with Crippen LogP contribution < -0.4 is 10.5 Å². The third-order valence-corrected chi connectivity index (χ3v) is 2.75. The number of hydrogen-bond acceptors (Lipinski definition) is 4. The Kier molecular flexibility index (Phi) is 3.87. The van der Waals surface area contributed by atoms with Crippen molar-refractivity contribution < 1.29 is 9.94 Å². The third kappa shape index (κ3) is 3.14. The highest BCUT2D eigenvalue weighted by atomic mass is 35.5. The normalized spacial score (nSPS) is 11.4. The van der Waals surface area contributed by atoms with E-state index < -0.39 is 0 Å². The van der Waals surface area contributed by atoms with Gasteiger partial charge in [-0.3, -0.25) is 0 Å². The number of rotatable bonds is 3. The van der Waals surface area contributed by atoms with Gasteiger partial charge >= 0.3 is 0 Å². The van der Waals surface area contributed by atoms with Crippen molar-refractivity contribution in [3.8, 4) is 11.6 Å². The van der Waals surface area contributed by atoms with Crippen molar-refractivity contribution in [1.82, 2.24) is 4.98 Å². The van der Waals surface area contributed by atoms with E-state index in [0.717, 1.165) is 5.56 Å². The number of aromatic nitrogens is 1. The minimum absolute atomic E-state index is 0.00682. The molecule has 0 unspecified atom stereocenters. The number of nitrogens with two attached hydrogens (primary N) is 1. The van der Waals surface area contributed by atoms with Crippen LogP contribution in [0.1, 0.15) is 11.1 Å². The number of amidine groups is 1. The number of aryl methyl sites for hydroxylation is 1. The fraction of sp³-hybridized carbons (Fsp3) is 0.0769. The predicted octanol–water partition coefficient (Wildman–Crippen LogP) is 2.93. The molecule has 3 N–H and O–H groups in total. The average Bonchev–Trinajstić information content (AvgIpc) is 2.43. The Bertz CT molecular complexity index is 612. The van der Waals surface area contributed by atoms with Gasteiger partial charge in [0.15, 0.2) is 5.84 Å². The minimum Gasteiger partial charge on any atom is -0.437 e. The predicted molar refractivity (Wildman–Crippen MR) is 73.0 cm³/mol. The summed E-state index contributed by atoms with van der Waals surface area (Å²) < 4.78 is 5.57. The Morgan fingerprint density at radius 3 is 2.79 bits per heavy atom. The first-order valence-corrected chi connectivity index (χ1v) is 5.86. The van der Waals surface area contributed by atoms with Crippen LogP contribution in [0.3, 0.4) is 0 Å². The molecular weight excluding hydrogens is 266 g/mol. The fourth-order valence-electron chi connectivity index (χ4n) is 1.45. The molecule has 2 rings (SSSR count). The molecular formula is C13H12ClN3O2. The number of hydrogen-bond donors (Lipinski definition) is 2. The molecule has 5 nitrogen and oxygen atoms in total. The summed E-state index contributed by atoms with van der Waals surface area (Å²) >= 11 is 6.03. The van der Waals surface area contributed by atoms with Crippen molar-refractivity contribution in [1.29, 1.82) is 0 Å². The van der Waals surface area contributed by atoms with Crippen LogP contribution in [0.5, 0.6) is 11.6 Å². The summed E-state index contributed by atoms with van der Waals surface area (Å²) in [6.45, 7) is 1.94. The van der Waals surface area contributed by atoms with Gasteiger partial charge in [-0.25, -0.2) is 4.98 Å². The van der Waals surface area contributed by atoms with Gasteiger partial charge in [0.2, 0.25) is 5.88 Å². The lowest BCUT2D eigenvalue weighted by Crippen LogP contribution is -2.13. The van der Waals surface area contributed by atoms with Crippen molar-refractivity contribution in [2.45, 2.75) is 6.92 Å². The van der Waals surface area contributed by atoms with Crippen molar-refractivity contribution >= 4 is 17.4 Å². The molecule has 0 radical (unpaired) electrons. The first-order chi connectivity index (χ1) is 9.10. The number of pyridine rings is 1. The van der Waals surface area contributed by atoms with Gasteiger partial charge in [0, 0.05) is 17.8 Å². The van der Waals surface area contributed by atoms with Crippen molar-refractivity contribution in [3.05, 3.63) is 52.7 Å². The topological polar surface area (TPSA) is 80.7 Å². The van der Waals surface area contributed by atoms with Gasteiger partial charge in [-0.05, 0) is 30.7 Å². The van der Waals surface area contributed by atoms with E-state index in [2.05, 4.69) is 10.1 Å². The molecule has 98 valence electrons. The molecule has 19 heavy (non-hydrogen) atoms. The zero-order valence-corrected chi connectivity index (χ0v) is 10.9. The second-order valence-corrected chi connectivity index (χ2v) is 4.31. The highest BCUT2D eigenvalue weighted by Gasteiger charge is 2.05. The molecule has 0 aliphatic heterocycles. The molecule has 1 aromatic carbocycles. The van der Waals surface area contributed by atoms with Crippen molar-refractivity contribution in [3.63, 3.8) is 0 Å². The Morgan fingerprint density at radius 2 is 2.16 bits per heavy atom. The van der Waals surface area contributed by atoms with E-state index >= 15 is 0 Å². The van der Waals surface area contributed by atoms with E-state index in [9.17, 15) is 0 Å². The molecule has 0 amide bonds. The average molecular weight is 278 g/mol. The summed E-state index contributed by atoms with van der Waals surface area (Å²) in [5, 5.41) is 11.9. The van der Waals surface area contributed by atoms with E-state index in [0.29, 0.717) is 22.2 Å². The van der Waals surface area contributed by atoms with Crippen LogP contribution in [0.15, 0.2) is 41.7 Å². The molecule has 0 aliphatic rings. The van der Waals surface area contributed by atoms with Gasteiger partial charge in [-0.2, -0.15) is 0 Å². The van der Waals surface area contributed by atoms with E-state index in [1.165, 1.54) is 6.20 Å². The Balaban J connectivity index is 2.22. The first-order valence-electron chi connectivity index (χ1n) is 5.48. The molecule has 0 fully saturated rings. The van der Waals surface area contributed by atoms with Gasteiger partial charge in [0.05, 0.1) is 5.02 Å². The number of nitrogens with zero attached hydrogens (tertiary/aromatic N) is 2. The third-order valence-electron chi connectivity index (χ3n) is 2.44. The monoisotopic (exact) mass is 277 g/mol. The summed E-state index contributed by atoms with van der Waals surface area (Å²) in [4.78, 5) is 4.06. The van der Waals surface area contributed by atoms with E-state index in [4.69, 9.17) is 27.3 Å². The van der Waals surface area contributed by atoms with Crippen LogP contribution in [-0.4, -0.2) is 16.0 Å². The second kappa shape index (κ2) is 5.58. The molecule has 1 heterocycles. The quantitative estimate of drug-likeness (QED) is 0.391. The smallest absolute Gasteiger partial charge is 0.219 e. The molecule has 2 aromatic rings. The molecule has 1 aromatic heterocycles. The lowest BCUT2D eigenvalue weighted by Gasteiger charge is -2.07. The maximum absolute atomic E-state index is 8.55. The van der Waals surface area contributed by atoms with E-state index in [-0.39, 0.29) is 5.84 Å². The summed E-state index contributed by atoms with van der Waals surface area (Å²) in [6, 6.07) is 8.73. The van der Waals surface area contributed by atoms with Crippen LogP contribution >= 0.6 is 11.6 Å². The van der Waals surface area contributed by atoms with E-state index in [1.54, 1.807) is 18.2 Å². The molecule has 0 spiro atoms. The molecule has 0 saturated carbocycles. The largest absolute Gasteiger partial charge is 0.437 e.